The lowest BCUT2D eigenvalue weighted by atomic mass is 10.1. The van der Waals surface area contributed by atoms with E-state index in [4.69, 9.17) is 6.57 Å². The lowest BCUT2D eigenvalue weighted by molar-refractivity contribution is 0.635. The van der Waals surface area contributed by atoms with Gasteiger partial charge in [0.05, 0.1) is 12.3 Å². The number of hydrogen-bond acceptors (Lipinski definition) is 2. The molecule has 0 aliphatic rings. The third kappa shape index (κ3) is 1.80. The Bertz CT molecular complexity index is 1050. The van der Waals surface area contributed by atoms with Crippen molar-refractivity contribution in [3.63, 3.8) is 0 Å². The first kappa shape index (κ1) is 12.9. The Morgan fingerprint density at radius 2 is 1.82 bits per heavy atom. The van der Waals surface area contributed by atoms with Gasteiger partial charge in [-0.3, -0.25) is 4.98 Å². The highest BCUT2D eigenvalue weighted by atomic mass is 32.1. The van der Waals surface area contributed by atoms with Crippen molar-refractivity contribution in [2.24, 2.45) is 0 Å². The van der Waals surface area contributed by atoms with Gasteiger partial charge in [-0.15, -0.1) is 11.3 Å². The first-order valence-electron chi connectivity index (χ1n) is 6.72. The number of rotatable bonds is 1. The van der Waals surface area contributed by atoms with E-state index in [1.54, 1.807) is 12.3 Å². The van der Waals surface area contributed by atoms with Gasteiger partial charge in [0.2, 0.25) is 5.69 Å². The molecule has 2 heterocycles. The van der Waals surface area contributed by atoms with E-state index in [-0.39, 0.29) is 5.69 Å². The zero-order chi connectivity index (χ0) is 15.1. The molecule has 0 fully saturated rings. The highest BCUT2D eigenvalue weighted by Gasteiger charge is 2.15. The second-order valence-electron chi connectivity index (χ2n) is 4.88. The molecule has 0 bridgehead atoms. The monoisotopic (exact) mass is 304 g/mol. The molecule has 0 spiro atoms. The van der Waals surface area contributed by atoms with E-state index < -0.39 is 5.82 Å². The van der Waals surface area contributed by atoms with E-state index in [0.717, 1.165) is 26.7 Å². The molecule has 0 radical (unpaired) electrons. The molecule has 0 saturated carbocycles. The first-order valence-corrected chi connectivity index (χ1v) is 7.54. The van der Waals surface area contributed by atoms with Crippen LogP contribution in [0.15, 0.2) is 54.7 Å². The molecular formula is C18H9FN2S. The van der Waals surface area contributed by atoms with E-state index in [9.17, 15) is 4.39 Å². The summed E-state index contributed by atoms with van der Waals surface area (Å²) in [7, 11) is 0. The molecule has 2 aromatic carbocycles. The SMILES string of the molecule is [C-]#[N+]c1c(F)ccc2c1sc1c(-c3ccccn3)cccc12. The van der Waals surface area contributed by atoms with Crippen LogP contribution in [-0.2, 0) is 0 Å². The summed E-state index contributed by atoms with van der Waals surface area (Å²) < 4.78 is 15.6. The lowest BCUT2D eigenvalue weighted by Crippen LogP contribution is -1.81. The molecule has 0 unspecified atom stereocenters. The molecule has 2 aromatic heterocycles. The third-order valence-corrected chi connectivity index (χ3v) is 4.91. The van der Waals surface area contributed by atoms with Crippen LogP contribution in [0.25, 0.3) is 36.3 Å². The molecule has 4 aromatic rings. The number of halogens is 1. The van der Waals surface area contributed by atoms with Gasteiger partial charge in [-0.25, -0.2) is 9.24 Å². The van der Waals surface area contributed by atoms with Gasteiger partial charge in [0.25, 0.3) is 0 Å². The van der Waals surface area contributed by atoms with Crippen molar-refractivity contribution in [3.05, 3.63) is 72.0 Å². The fraction of sp³-hybridized carbons (Fsp3) is 0. The molecule has 4 rings (SSSR count). The summed E-state index contributed by atoms with van der Waals surface area (Å²) in [5.41, 5.74) is 1.99. The number of fused-ring (bicyclic) bond motifs is 3. The summed E-state index contributed by atoms with van der Waals surface area (Å²) in [5.74, 6) is -0.464. The Morgan fingerprint density at radius 1 is 0.955 bits per heavy atom. The van der Waals surface area contributed by atoms with Crippen LogP contribution in [0.1, 0.15) is 0 Å². The molecule has 0 N–H and O–H groups in total. The van der Waals surface area contributed by atoms with Crippen LogP contribution < -0.4 is 0 Å². The molecule has 2 nitrogen and oxygen atoms in total. The predicted molar refractivity (Wildman–Crippen MR) is 88.8 cm³/mol. The number of thiophene rings is 1. The molecule has 0 amide bonds. The smallest absolute Gasteiger partial charge is 0.239 e. The van der Waals surface area contributed by atoms with E-state index in [1.807, 2.05) is 36.4 Å². The molecule has 104 valence electrons. The Morgan fingerprint density at radius 3 is 2.59 bits per heavy atom. The average Bonchev–Trinajstić information content (AvgIpc) is 2.94. The maximum absolute atomic E-state index is 13.9. The minimum Gasteiger partial charge on any atom is -0.256 e. The van der Waals surface area contributed by atoms with E-state index in [1.165, 1.54) is 17.4 Å². The standard InChI is InChI=1S/C18H9FN2S/c1-20-16-14(19)9-8-12-11-5-4-6-13(17(11)22-18(12)16)15-7-2-3-10-21-15/h2-10H. The highest BCUT2D eigenvalue weighted by Crippen LogP contribution is 2.43. The van der Waals surface area contributed by atoms with Gasteiger partial charge in [-0.05, 0) is 29.0 Å². The van der Waals surface area contributed by atoms with Gasteiger partial charge >= 0.3 is 0 Å². The van der Waals surface area contributed by atoms with Crippen molar-refractivity contribution in [3.8, 4) is 11.3 Å². The summed E-state index contributed by atoms with van der Waals surface area (Å²) >= 11 is 1.45. The fourth-order valence-electron chi connectivity index (χ4n) is 2.65. The van der Waals surface area contributed by atoms with Crippen LogP contribution >= 0.6 is 11.3 Å². The normalized spacial score (nSPS) is 10.9. The number of benzene rings is 2. The van der Waals surface area contributed by atoms with Crippen molar-refractivity contribution >= 4 is 37.2 Å². The summed E-state index contributed by atoms with van der Waals surface area (Å²) in [6.45, 7) is 7.24. The predicted octanol–water partition coefficient (Wildman–Crippen LogP) is 5.81. The van der Waals surface area contributed by atoms with Crippen LogP contribution in [0.3, 0.4) is 0 Å². The van der Waals surface area contributed by atoms with Gasteiger partial charge in [0.15, 0.2) is 0 Å². The first-order chi connectivity index (χ1) is 10.8. The number of pyridine rings is 1. The van der Waals surface area contributed by atoms with Gasteiger partial charge in [0.1, 0.15) is 5.82 Å². The molecule has 0 atom stereocenters. The molecule has 22 heavy (non-hydrogen) atoms. The number of aromatic nitrogens is 1. The molecular weight excluding hydrogens is 295 g/mol. The zero-order valence-electron chi connectivity index (χ0n) is 11.4. The summed E-state index contributed by atoms with van der Waals surface area (Å²) in [6, 6.07) is 14.9. The van der Waals surface area contributed by atoms with E-state index >= 15 is 0 Å². The van der Waals surface area contributed by atoms with E-state index in [0.29, 0.717) is 4.70 Å². The third-order valence-electron chi connectivity index (χ3n) is 3.64. The van der Waals surface area contributed by atoms with Gasteiger partial charge < -0.3 is 0 Å². The Kier molecular flexibility index (Phi) is 2.88. The van der Waals surface area contributed by atoms with Crippen molar-refractivity contribution in [2.75, 3.05) is 0 Å². The minimum atomic E-state index is -0.464. The Balaban J connectivity index is 2.15. The molecule has 0 saturated heterocycles. The zero-order valence-corrected chi connectivity index (χ0v) is 12.2. The average molecular weight is 304 g/mol. The Labute approximate surface area is 130 Å². The van der Waals surface area contributed by atoms with Crippen molar-refractivity contribution in [1.29, 1.82) is 0 Å². The summed E-state index contributed by atoms with van der Waals surface area (Å²) in [5, 5.41) is 1.96. The second-order valence-corrected chi connectivity index (χ2v) is 5.90. The minimum absolute atomic E-state index is 0.102. The van der Waals surface area contributed by atoms with Gasteiger partial charge in [-0.1, -0.05) is 30.3 Å². The second kappa shape index (κ2) is 4.90. The van der Waals surface area contributed by atoms with Gasteiger partial charge in [-0.2, -0.15) is 0 Å². The quantitative estimate of drug-likeness (QED) is 0.406. The summed E-state index contributed by atoms with van der Waals surface area (Å²) in [6.07, 6.45) is 1.76. The van der Waals surface area contributed by atoms with Crippen LogP contribution in [0.5, 0.6) is 0 Å². The highest BCUT2D eigenvalue weighted by molar-refractivity contribution is 7.27. The topological polar surface area (TPSA) is 17.2 Å². The van der Waals surface area contributed by atoms with Crippen molar-refractivity contribution in [2.45, 2.75) is 0 Å². The maximum Gasteiger partial charge on any atom is 0.239 e. The Hall–Kier alpha value is -2.77. The lowest BCUT2D eigenvalue weighted by Gasteiger charge is -2.01. The number of hydrogen-bond donors (Lipinski definition) is 0. The van der Waals surface area contributed by atoms with Crippen molar-refractivity contribution in [1.82, 2.24) is 4.98 Å². The molecule has 4 heteroatoms. The van der Waals surface area contributed by atoms with Crippen LogP contribution in [-0.4, -0.2) is 4.98 Å². The van der Waals surface area contributed by atoms with Crippen LogP contribution in [0.4, 0.5) is 10.1 Å². The fourth-order valence-corrected chi connectivity index (χ4v) is 3.95. The molecule has 0 aliphatic heterocycles. The largest absolute Gasteiger partial charge is 0.256 e. The number of nitrogens with zero attached hydrogens (tertiary/aromatic N) is 2. The van der Waals surface area contributed by atoms with Crippen molar-refractivity contribution < 1.29 is 4.39 Å². The van der Waals surface area contributed by atoms with Crippen LogP contribution in [0, 0.1) is 12.4 Å². The van der Waals surface area contributed by atoms with Crippen LogP contribution in [0.2, 0.25) is 0 Å². The van der Waals surface area contributed by atoms with Gasteiger partial charge in [0, 0.05) is 21.2 Å². The molecule has 0 aliphatic carbocycles. The van der Waals surface area contributed by atoms with E-state index in [2.05, 4.69) is 9.83 Å². The summed E-state index contributed by atoms with van der Waals surface area (Å²) in [4.78, 5) is 7.77. The maximum atomic E-state index is 13.9.